The van der Waals surface area contributed by atoms with E-state index in [9.17, 15) is 8.42 Å². The lowest BCUT2D eigenvalue weighted by molar-refractivity contribution is 0.361. The van der Waals surface area contributed by atoms with Crippen LogP contribution in [0.5, 0.6) is 0 Å². The highest BCUT2D eigenvalue weighted by molar-refractivity contribution is 7.89. The maximum Gasteiger partial charge on any atom is 0.243 e. The molecule has 0 amide bonds. The van der Waals surface area contributed by atoms with Gasteiger partial charge in [0.25, 0.3) is 0 Å². The Bertz CT molecular complexity index is 594. The molecule has 3 N–H and O–H groups in total. The summed E-state index contributed by atoms with van der Waals surface area (Å²) in [5.41, 5.74) is 5.83. The lowest BCUT2D eigenvalue weighted by Crippen LogP contribution is -2.49. The van der Waals surface area contributed by atoms with Gasteiger partial charge in [-0.15, -0.1) is 0 Å². The van der Waals surface area contributed by atoms with E-state index < -0.39 is 10.0 Å². The second-order valence-electron chi connectivity index (χ2n) is 4.64. The molecule has 0 radical (unpaired) electrons. The second-order valence-corrected chi connectivity index (χ2v) is 6.32. The van der Waals surface area contributed by atoms with E-state index in [1.807, 2.05) is 0 Å². The van der Waals surface area contributed by atoms with Crippen molar-refractivity contribution >= 4 is 10.0 Å². The van der Waals surface area contributed by atoms with Crippen LogP contribution in [0.2, 0.25) is 0 Å². The fraction of sp³-hybridized carbons (Fsp3) is 0.500. The summed E-state index contributed by atoms with van der Waals surface area (Å²) in [6, 6.07) is 4.21. The van der Waals surface area contributed by atoms with Crippen LogP contribution in [0.15, 0.2) is 23.2 Å². The SMILES string of the molecule is N#Cc1ncccc1S(=O)(=O)N[C@@H]1CCCC[C@H]1N. The van der Waals surface area contributed by atoms with Crippen molar-refractivity contribution in [1.29, 1.82) is 5.26 Å². The fourth-order valence-corrected chi connectivity index (χ4v) is 3.69. The molecule has 2 atom stereocenters. The van der Waals surface area contributed by atoms with Gasteiger partial charge >= 0.3 is 0 Å². The van der Waals surface area contributed by atoms with E-state index in [1.165, 1.54) is 18.3 Å². The Balaban J connectivity index is 2.25. The number of hydrogen-bond acceptors (Lipinski definition) is 5. The zero-order valence-corrected chi connectivity index (χ0v) is 11.2. The average Bonchev–Trinajstić information content (AvgIpc) is 2.41. The van der Waals surface area contributed by atoms with Crippen LogP contribution in [0.25, 0.3) is 0 Å². The Morgan fingerprint density at radius 2 is 2.16 bits per heavy atom. The molecule has 0 saturated heterocycles. The van der Waals surface area contributed by atoms with Gasteiger partial charge in [0.15, 0.2) is 5.69 Å². The van der Waals surface area contributed by atoms with Gasteiger partial charge < -0.3 is 5.73 Å². The predicted octanol–water partition coefficient (Wildman–Crippen LogP) is 0.501. The van der Waals surface area contributed by atoms with E-state index in [0.717, 1.165) is 25.7 Å². The van der Waals surface area contributed by atoms with Crippen LogP contribution in [0.1, 0.15) is 31.4 Å². The number of rotatable bonds is 3. The Hall–Kier alpha value is -1.49. The topological polar surface area (TPSA) is 109 Å². The number of nitrogens with two attached hydrogens (primary N) is 1. The molecule has 0 aromatic carbocycles. The third kappa shape index (κ3) is 3.10. The van der Waals surface area contributed by atoms with Gasteiger partial charge in [0.1, 0.15) is 11.0 Å². The Kier molecular flexibility index (Phi) is 4.14. The molecule has 0 unspecified atom stereocenters. The van der Waals surface area contributed by atoms with Crippen molar-refractivity contribution in [2.45, 2.75) is 42.7 Å². The minimum Gasteiger partial charge on any atom is -0.326 e. The van der Waals surface area contributed by atoms with Crippen molar-refractivity contribution in [1.82, 2.24) is 9.71 Å². The number of hydrogen-bond donors (Lipinski definition) is 2. The number of pyridine rings is 1. The molecule has 102 valence electrons. The Morgan fingerprint density at radius 3 is 2.84 bits per heavy atom. The van der Waals surface area contributed by atoms with Crippen LogP contribution in [0.3, 0.4) is 0 Å². The summed E-state index contributed by atoms with van der Waals surface area (Å²) in [5, 5.41) is 8.91. The van der Waals surface area contributed by atoms with Crippen LogP contribution < -0.4 is 10.5 Å². The van der Waals surface area contributed by atoms with E-state index in [2.05, 4.69) is 9.71 Å². The normalized spacial score (nSPS) is 23.8. The molecule has 1 aliphatic rings. The van der Waals surface area contributed by atoms with Gasteiger partial charge in [0.2, 0.25) is 10.0 Å². The van der Waals surface area contributed by atoms with Gasteiger partial charge in [0, 0.05) is 18.3 Å². The summed E-state index contributed by atoms with van der Waals surface area (Å²) in [4.78, 5) is 3.68. The van der Waals surface area contributed by atoms with Crippen molar-refractivity contribution in [3.05, 3.63) is 24.0 Å². The highest BCUT2D eigenvalue weighted by atomic mass is 32.2. The first-order valence-corrected chi connectivity index (χ1v) is 7.66. The Morgan fingerprint density at radius 1 is 1.42 bits per heavy atom. The van der Waals surface area contributed by atoms with Crippen molar-refractivity contribution < 1.29 is 8.42 Å². The van der Waals surface area contributed by atoms with E-state index in [4.69, 9.17) is 11.0 Å². The molecule has 2 rings (SSSR count). The third-order valence-corrected chi connectivity index (χ3v) is 4.81. The van der Waals surface area contributed by atoms with Gasteiger partial charge in [-0.25, -0.2) is 18.1 Å². The van der Waals surface area contributed by atoms with Gasteiger partial charge in [-0.2, -0.15) is 5.26 Å². The summed E-state index contributed by atoms with van der Waals surface area (Å²) in [6.45, 7) is 0. The molecule has 0 aliphatic heterocycles. The standard InChI is InChI=1S/C12H16N4O2S/c13-8-11-12(6-3-7-15-11)19(17,18)16-10-5-2-1-4-9(10)14/h3,6-7,9-10,16H,1-2,4-5,14H2/t9-,10-/m1/s1. The molecular formula is C12H16N4O2S. The molecular weight excluding hydrogens is 264 g/mol. The first-order chi connectivity index (χ1) is 9.04. The smallest absolute Gasteiger partial charge is 0.243 e. The lowest BCUT2D eigenvalue weighted by atomic mass is 9.92. The van der Waals surface area contributed by atoms with Crippen LogP contribution in [-0.2, 0) is 10.0 Å². The van der Waals surface area contributed by atoms with Crippen LogP contribution in [0.4, 0.5) is 0 Å². The summed E-state index contributed by atoms with van der Waals surface area (Å²) in [6.07, 6.45) is 4.91. The fourth-order valence-electron chi connectivity index (χ4n) is 2.26. The Labute approximate surface area is 112 Å². The van der Waals surface area contributed by atoms with E-state index in [1.54, 1.807) is 6.07 Å². The van der Waals surface area contributed by atoms with Crippen molar-refractivity contribution in [3.63, 3.8) is 0 Å². The summed E-state index contributed by atoms with van der Waals surface area (Å²) < 4.78 is 27.1. The minimum absolute atomic E-state index is 0.0877. The molecule has 0 bridgehead atoms. The molecule has 19 heavy (non-hydrogen) atoms. The van der Waals surface area contributed by atoms with Crippen molar-refractivity contribution in [3.8, 4) is 6.07 Å². The molecule has 1 saturated carbocycles. The minimum atomic E-state index is -3.75. The molecule has 1 aromatic rings. The zero-order chi connectivity index (χ0) is 13.9. The van der Waals surface area contributed by atoms with Crippen molar-refractivity contribution in [2.75, 3.05) is 0 Å². The summed E-state index contributed by atoms with van der Waals surface area (Å²) in [7, 11) is -3.75. The first kappa shape index (κ1) is 13.9. The highest BCUT2D eigenvalue weighted by Crippen LogP contribution is 2.20. The van der Waals surface area contributed by atoms with Crippen molar-refractivity contribution in [2.24, 2.45) is 5.73 Å². The summed E-state index contributed by atoms with van der Waals surface area (Å²) >= 11 is 0. The largest absolute Gasteiger partial charge is 0.326 e. The lowest BCUT2D eigenvalue weighted by Gasteiger charge is -2.29. The predicted molar refractivity (Wildman–Crippen MR) is 69.5 cm³/mol. The third-order valence-electron chi connectivity index (χ3n) is 3.29. The molecule has 7 heteroatoms. The van der Waals surface area contributed by atoms with E-state index in [-0.39, 0.29) is 22.7 Å². The number of sulfonamides is 1. The molecule has 1 fully saturated rings. The number of nitrogens with one attached hydrogen (secondary N) is 1. The number of aromatic nitrogens is 1. The van der Waals surface area contributed by atoms with Gasteiger partial charge in [-0.05, 0) is 25.0 Å². The first-order valence-electron chi connectivity index (χ1n) is 6.17. The number of nitrogens with zero attached hydrogens (tertiary/aromatic N) is 2. The highest BCUT2D eigenvalue weighted by Gasteiger charge is 2.28. The van der Waals surface area contributed by atoms with Gasteiger partial charge in [-0.3, -0.25) is 0 Å². The maximum atomic E-state index is 12.3. The second kappa shape index (κ2) is 5.65. The molecule has 1 aliphatic carbocycles. The monoisotopic (exact) mass is 280 g/mol. The molecule has 0 spiro atoms. The van der Waals surface area contributed by atoms with Crippen LogP contribution in [0, 0.1) is 11.3 Å². The summed E-state index contributed by atoms with van der Waals surface area (Å²) in [5.74, 6) is 0. The van der Waals surface area contributed by atoms with Crippen LogP contribution in [-0.4, -0.2) is 25.5 Å². The maximum absolute atomic E-state index is 12.3. The van der Waals surface area contributed by atoms with Gasteiger partial charge in [0.05, 0.1) is 0 Å². The average molecular weight is 280 g/mol. The quantitative estimate of drug-likeness (QED) is 0.838. The van der Waals surface area contributed by atoms with Crippen LogP contribution >= 0.6 is 0 Å². The zero-order valence-electron chi connectivity index (χ0n) is 10.4. The molecule has 1 aromatic heterocycles. The molecule has 6 nitrogen and oxygen atoms in total. The molecule has 1 heterocycles. The van der Waals surface area contributed by atoms with E-state index >= 15 is 0 Å². The number of nitriles is 1. The van der Waals surface area contributed by atoms with E-state index in [0.29, 0.717) is 0 Å². The van der Waals surface area contributed by atoms with Gasteiger partial charge in [-0.1, -0.05) is 12.8 Å².